The number of aromatic nitrogens is 1. The Labute approximate surface area is 173 Å². The summed E-state index contributed by atoms with van der Waals surface area (Å²) in [4.78, 5) is 27.7. The van der Waals surface area contributed by atoms with E-state index >= 15 is 0 Å². The van der Waals surface area contributed by atoms with E-state index < -0.39 is 12.0 Å². The molecule has 1 aromatic carbocycles. The maximum atomic E-state index is 12.7. The van der Waals surface area contributed by atoms with Crippen LogP contribution in [0.25, 0.3) is 10.9 Å². The van der Waals surface area contributed by atoms with Crippen LogP contribution in [0.1, 0.15) is 70.3 Å². The maximum Gasteiger partial charge on any atom is 0.326 e. The average molecular weight is 399 g/mol. The highest BCUT2D eigenvalue weighted by atomic mass is 16.4. The number of hydrogen-bond donors (Lipinski definition) is 3. The Balaban J connectivity index is 1.51. The number of hydrogen-bond acceptors (Lipinski definition) is 2. The number of para-hydroxylation sites is 1. The SMILES string of the molecule is CCCCCCC1CCC(C(=O)N[C@@H](Cc2c[nH]c3ccccc23)C(=O)O)CC1. The molecule has 0 bridgehead atoms. The summed E-state index contributed by atoms with van der Waals surface area (Å²) in [6.45, 7) is 2.23. The number of H-pyrrole nitrogens is 1. The quantitative estimate of drug-likeness (QED) is 0.489. The number of carbonyl (C=O) groups excluding carboxylic acids is 1. The summed E-state index contributed by atoms with van der Waals surface area (Å²) in [6, 6.07) is 6.93. The summed E-state index contributed by atoms with van der Waals surface area (Å²) >= 11 is 0. The molecule has 0 spiro atoms. The second-order valence-electron chi connectivity index (χ2n) is 8.53. The molecule has 0 aliphatic heterocycles. The third kappa shape index (κ3) is 5.84. The highest BCUT2D eigenvalue weighted by Gasteiger charge is 2.29. The van der Waals surface area contributed by atoms with Crippen LogP contribution in [0.15, 0.2) is 30.5 Å². The van der Waals surface area contributed by atoms with Gasteiger partial charge in [-0.15, -0.1) is 0 Å². The molecule has 1 fully saturated rings. The standard InChI is InChI=1S/C24H34N2O3/c1-2-3-4-5-8-17-11-13-18(14-12-17)23(27)26-22(24(28)29)15-19-16-25-21-10-7-6-9-20(19)21/h6-7,9-10,16-18,22,25H,2-5,8,11-15H2,1H3,(H,26,27)(H,28,29)/t17?,18?,22-/m0/s1. The molecule has 0 unspecified atom stereocenters. The van der Waals surface area contributed by atoms with Gasteiger partial charge in [0.1, 0.15) is 6.04 Å². The Bertz CT molecular complexity index is 805. The van der Waals surface area contributed by atoms with Gasteiger partial charge in [0.25, 0.3) is 0 Å². The largest absolute Gasteiger partial charge is 0.480 e. The summed E-state index contributed by atoms with van der Waals surface area (Å²) < 4.78 is 0. The monoisotopic (exact) mass is 398 g/mol. The van der Waals surface area contributed by atoms with Crippen LogP contribution in [0.2, 0.25) is 0 Å². The number of rotatable bonds is 10. The van der Waals surface area contributed by atoms with Crippen molar-refractivity contribution in [3.05, 3.63) is 36.0 Å². The van der Waals surface area contributed by atoms with Crippen LogP contribution in [-0.4, -0.2) is 28.0 Å². The lowest BCUT2D eigenvalue weighted by molar-refractivity contribution is -0.142. The van der Waals surface area contributed by atoms with Crippen molar-refractivity contribution in [1.29, 1.82) is 0 Å². The smallest absolute Gasteiger partial charge is 0.326 e. The highest BCUT2D eigenvalue weighted by molar-refractivity contribution is 5.87. The summed E-state index contributed by atoms with van der Waals surface area (Å²) in [5.74, 6) is -0.390. The minimum Gasteiger partial charge on any atom is -0.480 e. The predicted octanol–water partition coefficient (Wildman–Crippen LogP) is 5.06. The Morgan fingerprint density at radius 2 is 1.90 bits per heavy atom. The van der Waals surface area contributed by atoms with E-state index in [1.807, 2.05) is 30.5 Å². The van der Waals surface area contributed by atoms with Gasteiger partial charge in [0, 0.05) is 29.4 Å². The molecule has 1 heterocycles. The molecule has 5 nitrogen and oxygen atoms in total. The van der Waals surface area contributed by atoms with E-state index in [9.17, 15) is 14.7 Å². The van der Waals surface area contributed by atoms with E-state index in [4.69, 9.17) is 0 Å². The minimum absolute atomic E-state index is 0.0493. The number of fused-ring (bicyclic) bond motifs is 1. The van der Waals surface area contributed by atoms with Gasteiger partial charge in [-0.2, -0.15) is 0 Å². The number of benzene rings is 1. The van der Waals surface area contributed by atoms with E-state index in [0.29, 0.717) is 0 Å². The molecule has 5 heteroatoms. The molecule has 0 radical (unpaired) electrons. The second kappa shape index (κ2) is 10.5. The van der Waals surface area contributed by atoms with Gasteiger partial charge in [-0.3, -0.25) is 4.79 Å². The van der Waals surface area contributed by atoms with Gasteiger partial charge < -0.3 is 15.4 Å². The fraction of sp³-hybridized carbons (Fsp3) is 0.583. The topological polar surface area (TPSA) is 82.2 Å². The summed E-state index contributed by atoms with van der Waals surface area (Å²) in [6.07, 6.45) is 12.5. The van der Waals surface area contributed by atoms with Crippen LogP contribution in [-0.2, 0) is 16.0 Å². The number of carboxylic acids is 1. The number of carboxylic acid groups (broad SMARTS) is 1. The fourth-order valence-electron chi connectivity index (χ4n) is 4.58. The first-order valence-corrected chi connectivity index (χ1v) is 11.2. The van der Waals surface area contributed by atoms with Gasteiger partial charge in [-0.05, 0) is 43.2 Å². The van der Waals surface area contributed by atoms with Crippen LogP contribution in [0.4, 0.5) is 0 Å². The molecule has 3 rings (SSSR count). The van der Waals surface area contributed by atoms with E-state index in [1.54, 1.807) is 0 Å². The van der Waals surface area contributed by atoms with Crippen molar-refractivity contribution in [2.45, 2.75) is 77.2 Å². The fourth-order valence-corrected chi connectivity index (χ4v) is 4.58. The van der Waals surface area contributed by atoms with Crippen molar-refractivity contribution in [3.63, 3.8) is 0 Å². The zero-order chi connectivity index (χ0) is 20.6. The third-order valence-corrected chi connectivity index (χ3v) is 6.40. The van der Waals surface area contributed by atoms with E-state index in [0.717, 1.165) is 48.1 Å². The van der Waals surface area contributed by atoms with Gasteiger partial charge in [0.2, 0.25) is 5.91 Å². The summed E-state index contributed by atoms with van der Waals surface area (Å²) in [5, 5.41) is 13.5. The molecule has 1 aliphatic carbocycles. The molecule has 1 aromatic heterocycles. The summed E-state index contributed by atoms with van der Waals surface area (Å²) in [5.41, 5.74) is 1.90. The van der Waals surface area contributed by atoms with Crippen LogP contribution < -0.4 is 5.32 Å². The number of unbranched alkanes of at least 4 members (excludes halogenated alkanes) is 3. The molecule has 158 valence electrons. The third-order valence-electron chi connectivity index (χ3n) is 6.40. The van der Waals surface area contributed by atoms with Gasteiger partial charge in [0.15, 0.2) is 0 Å². The van der Waals surface area contributed by atoms with Gasteiger partial charge >= 0.3 is 5.97 Å². The normalized spacial score (nSPS) is 20.4. The van der Waals surface area contributed by atoms with Crippen LogP contribution in [0, 0.1) is 11.8 Å². The van der Waals surface area contributed by atoms with Gasteiger partial charge in [-0.1, -0.05) is 57.2 Å². The first kappa shape index (κ1) is 21.4. The van der Waals surface area contributed by atoms with Gasteiger partial charge in [-0.25, -0.2) is 4.79 Å². The van der Waals surface area contributed by atoms with E-state index in [1.165, 1.54) is 32.1 Å². The predicted molar refractivity (Wildman–Crippen MR) is 116 cm³/mol. The molecule has 1 atom stereocenters. The zero-order valence-corrected chi connectivity index (χ0v) is 17.5. The first-order chi connectivity index (χ1) is 14.1. The van der Waals surface area contributed by atoms with Crippen molar-refractivity contribution in [2.75, 3.05) is 0 Å². The molecule has 2 aromatic rings. The molecule has 1 aliphatic rings. The second-order valence-corrected chi connectivity index (χ2v) is 8.53. The molecule has 1 saturated carbocycles. The lowest BCUT2D eigenvalue weighted by Gasteiger charge is -2.28. The lowest BCUT2D eigenvalue weighted by atomic mass is 9.79. The first-order valence-electron chi connectivity index (χ1n) is 11.2. The molecule has 3 N–H and O–H groups in total. The van der Waals surface area contributed by atoms with Crippen molar-refractivity contribution in [1.82, 2.24) is 10.3 Å². The molecular formula is C24H34N2O3. The average Bonchev–Trinajstić information content (AvgIpc) is 3.14. The van der Waals surface area contributed by atoms with E-state index in [2.05, 4.69) is 17.2 Å². The lowest BCUT2D eigenvalue weighted by Crippen LogP contribution is -2.45. The number of amides is 1. The van der Waals surface area contributed by atoms with E-state index in [-0.39, 0.29) is 18.2 Å². The Morgan fingerprint density at radius 3 is 2.62 bits per heavy atom. The van der Waals surface area contributed by atoms with Crippen LogP contribution in [0.3, 0.4) is 0 Å². The minimum atomic E-state index is -0.978. The van der Waals surface area contributed by atoms with Gasteiger partial charge in [0.05, 0.1) is 0 Å². The Kier molecular flexibility index (Phi) is 7.73. The number of carbonyl (C=O) groups is 2. The Hall–Kier alpha value is -2.30. The molecular weight excluding hydrogens is 364 g/mol. The number of aromatic amines is 1. The van der Waals surface area contributed by atoms with Crippen molar-refractivity contribution >= 4 is 22.8 Å². The number of aliphatic carboxylic acids is 1. The Morgan fingerprint density at radius 1 is 1.14 bits per heavy atom. The zero-order valence-electron chi connectivity index (χ0n) is 17.5. The summed E-state index contributed by atoms with van der Waals surface area (Å²) in [7, 11) is 0. The van der Waals surface area contributed by atoms with Crippen molar-refractivity contribution < 1.29 is 14.7 Å². The van der Waals surface area contributed by atoms with Crippen LogP contribution in [0.5, 0.6) is 0 Å². The molecule has 0 saturated heterocycles. The van der Waals surface area contributed by atoms with Crippen LogP contribution >= 0.6 is 0 Å². The molecule has 29 heavy (non-hydrogen) atoms. The van der Waals surface area contributed by atoms with Crippen molar-refractivity contribution in [2.24, 2.45) is 11.8 Å². The molecule has 1 amide bonds. The van der Waals surface area contributed by atoms with Crippen molar-refractivity contribution in [3.8, 4) is 0 Å². The number of nitrogens with one attached hydrogen (secondary N) is 2. The maximum absolute atomic E-state index is 12.7. The highest BCUT2D eigenvalue weighted by Crippen LogP contribution is 2.32.